The van der Waals surface area contributed by atoms with Crippen LogP contribution in [0, 0.1) is 11.3 Å². The molecule has 3 amide bonds. The van der Waals surface area contributed by atoms with Gasteiger partial charge in [0.25, 0.3) is 0 Å². The standard InChI is InChI=1S/C28H35N5O3.ClH/c1-28(2,3)24(34)17-32-23-15-8-7-14-22(23)26(19-10-5-4-6-11-19)31-33(27(32)36)18-25(35)30-21-13-9-12-20(29)16-21;/h7-9,12-16,19H,4-6,10-11,17-18,29H2,1-3H3,(H,30,35);1H. The summed E-state index contributed by atoms with van der Waals surface area (Å²) in [5.41, 5.74) is 8.59. The number of anilines is 3. The Kier molecular flexibility index (Phi) is 8.97. The van der Waals surface area contributed by atoms with Gasteiger partial charge in [-0.3, -0.25) is 14.5 Å². The first-order valence-corrected chi connectivity index (χ1v) is 12.6. The van der Waals surface area contributed by atoms with Crippen molar-refractivity contribution < 1.29 is 14.4 Å². The number of carbonyl (C=O) groups is 3. The molecule has 2 aromatic rings. The molecule has 1 heterocycles. The van der Waals surface area contributed by atoms with Crippen molar-refractivity contribution >= 4 is 52.9 Å². The van der Waals surface area contributed by atoms with Crippen molar-refractivity contribution in [3.63, 3.8) is 0 Å². The van der Waals surface area contributed by atoms with Crippen LogP contribution >= 0.6 is 12.4 Å². The number of nitrogen functional groups attached to an aromatic ring is 1. The summed E-state index contributed by atoms with van der Waals surface area (Å²) in [6, 6.07) is 14.0. The van der Waals surface area contributed by atoms with Crippen LogP contribution in [0.25, 0.3) is 0 Å². The third kappa shape index (κ3) is 6.68. The fraction of sp³-hybridized carbons (Fsp3) is 0.429. The number of hydrazone groups is 1. The van der Waals surface area contributed by atoms with E-state index in [2.05, 4.69) is 5.32 Å². The minimum Gasteiger partial charge on any atom is -0.399 e. The highest BCUT2D eigenvalue weighted by Gasteiger charge is 2.36. The first kappa shape index (κ1) is 28.2. The molecule has 4 rings (SSSR count). The molecule has 1 saturated carbocycles. The molecule has 0 saturated heterocycles. The molecule has 1 aliphatic carbocycles. The Bertz CT molecular complexity index is 1180. The number of carbonyl (C=O) groups excluding carboxylic acids is 3. The van der Waals surface area contributed by atoms with Gasteiger partial charge in [0.15, 0.2) is 5.78 Å². The molecule has 9 heteroatoms. The molecule has 0 spiro atoms. The number of nitrogens with two attached hydrogens (primary N) is 1. The summed E-state index contributed by atoms with van der Waals surface area (Å²) in [5, 5.41) is 8.81. The Morgan fingerprint density at radius 3 is 2.41 bits per heavy atom. The topological polar surface area (TPSA) is 108 Å². The smallest absolute Gasteiger partial charge is 0.345 e. The van der Waals surface area contributed by atoms with E-state index in [1.807, 2.05) is 45.0 Å². The van der Waals surface area contributed by atoms with E-state index in [0.717, 1.165) is 37.0 Å². The van der Waals surface area contributed by atoms with Gasteiger partial charge in [-0.05, 0) is 37.1 Å². The fourth-order valence-electron chi connectivity index (χ4n) is 4.66. The number of benzene rings is 2. The second-order valence-corrected chi connectivity index (χ2v) is 10.6. The minimum absolute atomic E-state index is 0. The second kappa shape index (κ2) is 11.8. The lowest BCUT2D eigenvalue weighted by Crippen LogP contribution is -2.47. The van der Waals surface area contributed by atoms with E-state index in [4.69, 9.17) is 10.8 Å². The minimum atomic E-state index is -0.621. The van der Waals surface area contributed by atoms with Crippen LogP contribution in [-0.4, -0.2) is 41.5 Å². The Morgan fingerprint density at radius 1 is 1.03 bits per heavy atom. The second-order valence-electron chi connectivity index (χ2n) is 10.6. The third-order valence-electron chi connectivity index (χ3n) is 6.74. The van der Waals surface area contributed by atoms with Crippen LogP contribution in [0.1, 0.15) is 58.4 Å². The SMILES string of the molecule is CC(C)(C)C(=O)CN1C(=O)N(CC(=O)Nc2cccc(N)c2)N=C(C2CCCCC2)c2ccccc21.Cl. The number of fused-ring (bicyclic) bond motifs is 1. The highest BCUT2D eigenvalue weighted by molar-refractivity contribution is 6.13. The van der Waals surface area contributed by atoms with Gasteiger partial charge in [0.05, 0.1) is 17.9 Å². The van der Waals surface area contributed by atoms with E-state index in [9.17, 15) is 14.4 Å². The predicted molar refractivity (Wildman–Crippen MR) is 150 cm³/mol. The molecule has 0 radical (unpaired) electrons. The molecule has 2 aromatic carbocycles. The normalized spacial score (nSPS) is 16.3. The molecule has 37 heavy (non-hydrogen) atoms. The number of halogens is 1. The molecule has 8 nitrogen and oxygen atoms in total. The number of nitrogens with one attached hydrogen (secondary N) is 1. The molecule has 198 valence electrons. The van der Waals surface area contributed by atoms with E-state index in [1.54, 1.807) is 24.3 Å². The Labute approximate surface area is 224 Å². The molecule has 0 aromatic heterocycles. The summed E-state index contributed by atoms with van der Waals surface area (Å²) >= 11 is 0. The molecule has 2 aliphatic rings. The zero-order chi connectivity index (χ0) is 25.9. The van der Waals surface area contributed by atoms with Crippen LogP contribution in [0.15, 0.2) is 53.6 Å². The van der Waals surface area contributed by atoms with Crippen molar-refractivity contribution in [1.29, 1.82) is 0 Å². The van der Waals surface area contributed by atoms with Crippen LogP contribution < -0.4 is 16.0 Å². The Balaban J connectivity index is 0.00000380. The molecule has 0 unspecified atom stereocenters. The van der Waals surface area contributed by atoms with Gasteiger partial charge in [0, 0.05) is 28.3 Å². The average molecular weight is 526 g/mol. The maximum Gasteiger partial charge on any atom is 0.345 e. The predicted octanol–water partition coefficient (Wildman–Crippen LogP) is 5.47. The van der Waals surface area contributed by atoms with Crippen LogP contribution in [0.3, 0.4) is 0 Å². The highest BCUT2D eigenvalue weighted by Crippen LogP contribution is 2.34. The first-order chi connectivity index (χ1) is 17.1. The van der Waals surface area contributed by atoms with E-state index < -0.39 is 17.4 Å². The largest absolute Gasteiger partial charge is 0.399 e. The van der Waals surface area contributed by atoms with Crippen LogP contribution in [0.2, 0.25) is 0 Å². The van der Waals surface area contributed by atoms with E-state index >= 15 is 0 Å². The number of Topliss-reactive ketones (excluding diaryl/α,β-unsaturated/α-hetero) is 1. The van der Waals surface area contributed by atoms with Gasteiger partial charge in [-0.2, -0.15) is 5.10 Å². The summed E-state index contributed by atoms with van der Waals surface area (Å²) in [6.45, 7) is 5.14. The number of hydrogen-bond donors (Lipinski definition) is 2. The average Bonchev–Trinajstić information content (AvgIpc) is 2.94. The van der Waals surface area contributed by atoms with Crippen molar-refractivity contribution in [3.05, 3.63) is 54.1 Å². The van der Waals surface area contributed by atoms with Crippen LogP contribution in [0.5, 0.6) is 0 Å². The Morgan fingerprint density at radius 2 is 1.73 bits per heavy atom. The van der Waals surface area contributed by atoms with Crippen molar-refractivity contribution in [2.24, 2.45) is 16.4 Å². The van der Waals surface area contributed by atoms with E-state index in [1.165, 1.54) is 16.3 Å². The van der Waals surface area contributed by atoms with Crippen molar-refractivity contribution in [1.82, 2.24) is 5.01 Å². The lowest BCUT2D eigenvalue weighted by atomic mass is 9.83. The summed E-state index contributed by atoms with van der Waals surface area (Å²) in [6.07, 6.45) is 5.34. The number of urea groups is 1. The summed E-state index contributed by atoms with van der Waals surface area (Å²) < 4.78 is 0. The van der Waals surface area contributed by atoms with Gasteiger partial charge < -0.3 is 11.1 Å². The molecule has 1 aliphatic heterocycles. The zero-order valence-corrected chi connectivity index (χ0v) is 22.5. The van der Waals surface area contributed by atoms with Crippen LogP contribution in [-0.2, 0) is 9.59 Å². The van der Waals surface area contributed by atoms with Gasteiger partial charge >= 0.3 is 6.03 Å². The molecular weight excluding hydrogens is 490 g/mol. The van der Waals surface area contributed by atoms with Gasteiger partial charge in [-0.25, -0.2) is 9.80 Å². The maximum atomic E-state index is 13.8. The zero-order valence-electron chi connectivity index (χ0n) is 21.7. The molecule has 0 atom stereocenters. The first-order valence-electron chi connectivity index (χ1n) is 12.6. The van der Waals surface area contributed by atoms with E-state index in [0.29, 0.717) is 17.1 Å². The van der Waals surface area contributed by atoms with Gasteiger partial charge in [0.1, 0.15) is 6.54 Å². The van der Waals surface area contributed by atoms with Gasteiger partial charge in [-0.15, -0.1) is 12.4 Å². The highest BCUT2D eigenvalue weighted by atomic mass is 35.5. The monoisotopic (exact) mass is 525 g/mol. The maximum absolute atomic E-state index is 13.8. The van der Waals surface area contributed by atoms with Crippen molar-refractivity contribution in [2.45, 2.75) is 52.9 Å². The number of para-hydroxylation sites is 1. The number of amides is 3. The molecule has 1 fully saturated rings. The fourth-order valence-corrected chi connectivity index (χ4v) is 4.66. The summed E-state index contributed by atoms with van der Waals surface area (Å²) in [5.74, 6) is -0.282. The van der Waals surface area contributed by atoms with Gasteiger partial charge in [-0.1, -0.05) is 64.3 Å². The molecule has 3 N–H and O–H groups in total. The number of rotatable bonds is 6. The third-order valence-corrected chi connectivity index (χ3v) is 6.74. The number of ketones is 1. The molecular formula is C28H36ClN5O3. The number of nitrogens with zero attached hydrogens (tertiary/aromatic N) is 3. The van der Waals surface area contributed by atoms with Crippen LogP contribution in [0.4, 0.5) is 21.9 Å². The van der Waals surface area contributed by atoms with E-state index in [-0.39, 0.29) is 37.2 Å². The lowest BCUT2D eigenvalue weighted by molar-refractivity contribution is -0.124. The van der Waals surface area contributed by atoms with Crippen molar-refractivity contribution in [2.75, 3.05) is 29.0 Å². The quantitative estimate of drug-likeness (QED) is 0.487. The summed E-state index contributed by atoms with van der Waals surface area (Å²) in [4.78, 5) is 41.3. The van der Waals surface area contributed by atoms with Gasteiger partial charge in [0.2, 0.25) is 5.91 Å². The Hall–Kier alpha value is -3.39. The summed E-state index contributed by atoms with van der Waals surface area (Å²) in [7, 11) is 0. The number of hydrogen-bond acceptors (Lipinski definition) is 5. The lowest BCUT2D eigenvalue weighted by Gasteiger charge is -2.28. The van der Waals surface area contributed by atoms with Crippen molar-refractivity contribution in [3.8, 4) is 0 Å². The molecule has 0 bridgehead atoms.